The summed E-state index contributed by atoms with van der Waals surface area (Å²) in [6, 6.07) is 7.37. The SMILES string of the molecule is COc1ccccc1CN1CC(=O)N2CCCCC2C1=O. The van der Waals surface area contributed by atoms with Crippen LogP contribution in [-0.2, 0) is 16.1 Å². The molecular weight excluding hydrogens is 268 g/mol. The predicted octanol–water partition coefficient (Wildman–Crippen LogP) is 1.42. The number of piperazine rings is 1. The van der Waals surface area contributed by atoms with Gasteiger partial charge in [0.2, 0.25) is 11.8 Å². The van der Waals surface area contributed by atoms with E-state index in [-0.39, 0.29) is 24.4 Å². The second-order valence-corrected chi connectivity index (χ2v) is 5.60. The van der Waals surface area contributed by atoms with Gasteiger partial charge in [0.05, 0.1) is 7.11 Å². The van der Waals surface area contributed by atoms with E-state index in [2.05, 4.69) is 0 Å². The second-order valence-electron chi connectivity index (χ2n) is 5.60. The summed E-state index contributed by atoms with van der Waals surface area (Å²) in [5.41, 5.74) is 0.936. The lowest BCUT2D eigenvalue weighted by Crippen LogP contribution is -2.60. The van der Waals surface area contributed by atoms with Crippen LogP contribution in [0.1, 0.15) is 24.8 Å². The molecule has 0 aromatic heterocycles. The topological polar surface area (TPSA) is 49.9 Å². The normalized spacial score (nSPS) is 22.2. The molecule has 2 amide bonds. The zero-order valence-electron chi connectivity index (χ0n) is 12.2. The summed E-state index contributed by atoms with van der Waals surface area (Å²) in [6.07, 6.45) is 2.80. The average molecular weight is 288 g/mol. The molecule has 0 N–H and O–H groups in total. The predicted molar refractivity (Wildman–Crippen MR) is 77.8 cm³/mol. The van der Waals surface area contributed by atoms with Gasteiger partial charge >= 0.3 is 0 Å². The molecular formula is C16H20N2O3. The van der Waals surface area contributed by atoms with Gasteiger partial charge in [-0.3, -0.25) is 9.59 Å². The Kier molecular flexibility index (Phi) is 3.82. The van der Waals surface area contributed by atoms with Crippen LogP contribution >= 0.6 is 0 Å². The van der Waals surface area contributed by atoms with E-state index in [0.29, 0.717) is 6.54 Å². The van der Waals surface area contributed by atoms with Crippen LogP contribution in [0.3, 0.4) is 0 Å². The van der Waals surface area contributed by atoms with Crippen LogP contribution < -0.4 is 4.74 Å². The van der Waals surface area contributed by atoms with Crippen LogP contribution in [0.2, 0.25) is 0 Å². The fraction of sp³-hybridized carbons (Fsp3) is 0.500. The van der Waals surface area contributed by atoms with Crippen molar-refractivity contribution in [2.45, 2.75) is 31.8 Å². The molecule has 1 atom stereocenters. The maximum atomic E-state index is 12.6. The molecule has 0 saturated carbocycles. The molecule has 0 bridgehead atoms. The van der Waals surface area contributed by atoms with Gasteiger partial charge in [0.25, 0.3) is 0 Å². The molecule has 0 spiro atoms. The Morgan fingerprint density at radius 2 is 2.05 bits per heavy atom. The molecule has 1 aromatic rings. The minimum atomic E-state index is -0.255. The molecule has 2 fully saturated rings. The van der Waals surface area contributed by atoms with Crippen molar-refractivity contribution in [1.82, 2.24) is 9.80 Å². The molecule has 1 unspecified atom stereocenters. The standard InChI is InChI=1S/C16H20N2O3/c1-21-14-8-3-2-6-12(14)10-17-11-15(19)18-9-5-4-7-13(18)16(17)20/h2-3,6,8,13H,4-5,7,9-11H2,1H3. The summed E-state index contributed by atoms with van der Waals surface area (Å²) in [5.74, 6) is 0.887. The zero-order chi connectivity index (χ0) is 14.8. The Labute approximate surface area is 124 Å². The molecule has 5 nitrogen and oxygen atoms in total. The van der Waals surface area contributed by atoms with E-state index in [0.717, 1.165) is 37.1 Å². The minimum absolute atomic E-state index is 0.0641. The Morgan fingerprint density at radius 1 is 1.24 bits per heavy atom. The van der Waals surface area contributed by atoms with Gasteiger partial charge in [-0.15, -0.1) is 0 Å². The van der Waals surface area contributed by atoms with Gasteiger partial charge < -0.3 is 14.5 Å². The fourth-order valence-corrected chi connectivity index (χ4v) is 3.20. The number of hydrogen-bond donors (Lipinski definition) is 0. The summed E-state index contributed by atoms with van der Waals surface area (Å²) in [7, 11) is 1.62. The van der Waals surface area contributed by atoms with E-state index < -0.39 is 0 Å². The van der Waals surface area contributed by atoms with Crippen molar-refractivity contribution in [3.8, 4) is 5.75 Å². The van der Waals surface area contributed by atoms with Gasteiger partial charge in [0.1, 0.15) is 18.3 Å². The molecule has 5 heteroatoms. The Bertz CT molecular complexity index is 558. The highest BCUT2D eigenvalue weighted by Crippen LogP contribution is 2.26. The van der Waals surface area contributed by atoms with Gasteiger partial charge in [-0.25, -0.2) is 0 Å². The Balaban J connectivity index is 1.79. The highest BCUT2D eigenvalue weighted by molar-refractivity contribution is 5.95. The van der Waals surface area contributed by atoms with Gasteiger partial charge in [0.15, 0.2) is 0 Å². The molecule has 2 aliphatic heterocycles. The van der Waals surface area contributed by atoms with Crippen molar-refractivity contribution in [3.05, 3.63) is 29.8 Å². The first kappa shape index (κ1) is 13.9. The number of fused-ring (bicyclic) bond motifs is 1. The summed E-state index contributed by atoms with van der Waals surface area (Å²) < 4.78 is 5.32. The number of ether oxygens (including phenoxy) is 1. The summed E-state index contributed by atoms with van der Waals surface area (Å²) in [5, 5.41) is 0. The third-order valence-corrected chi connectivity index (χ3v) is 4.30. The number of methoxy groups -OCH3 is 1. The maximum Gasteiger partial charge on any atom is 0.246 e. The first-order valence-corrected chi connectivity index (χ1v) is 7.41. The highest BCUT2D eigenvalue weighted by atomic mass is 16.5. The summed E-state index contributed by atoms with van der Waals surface area (Å²) in [6.45, 7) is 1.32. The fourth-order valence-electron chi connectivity index (χ4n) is 3.20. The van der Waals surface area contributed by atoms with Crippen LogP contribution in [0.15, 0.2) is 24.3 Å². The van der Waals surface area contributed by atoms with Crippen LogP contribution in [-0.4, -0.2) is 47.9 Å². The van der Waals surface area contributed by atoms with E-state index in [9.17, 15) is 9.59 Å². The van der Waals surface area contributed by atoms with Crippen LogP contribution in [0, 0.1) is 0 Å². The van der Waals surface area contributed by atoms with Gasteiger partial charge in [-0.1, -0.05) is 18.2 Å². The number of benzene rings is 1. The van der Waals surface area contributed by atoms with Crippen molar-refractivity contribution in [3.63, 3.8) is 0 Å². The molecule has 2 heterocycles. The van der Waals surface area contributed by atoms with Crippen molar-refractivity contribution in [2.24, 2.45) is 0 Å². The van der Waals surface area contributed by atoms with Crippen molar-refractivity contribution < 1.29 is 14.3 Å². The number of carbonyl (C=O) groups excluding carboxylic acids is 2. The number of carbonyl (C=O) groups is 2. The molecule has 21 heavy (non-hydrogen) atoms. The van der Waals surface area contributed by atoms with Crippen molar-refractivity contribution in [1.29, 1.82) is 0 Å². The van der Waals surface area contributed by atoms with Crippen LogP contribution in [0.25, 0.3) is 0 Å². The van der Waals surface area contributed by atoms with E-state index in [4.69, 9.17) is 4.74 Å². The van der Waals surface area contributed by atoms with E-state index in [1.807, 2.05) is 24.3 Å². The minimum Gasteiger partial charge on any atom is -0.496 e. The molecule has 2 saturated heterocycles. The monoisotopic (exact) mass is 288 g/mol. The first-order valence-electron chi connectivity index (χ1n) is 7.41. The van der Waals surface area contributed by atoms with E-state index in [1.54, 1.807) is 16.9 Å². The number of amides is 2. The lowest BCUT2D eigenvalue weighted by Gasteiger charge is -2.42. The molecule has 1 aromatic carbocycles. The third kappa shape index (κ3) is 2.60. The third-order valence-electron chi connectivity index (χ3n) is 4.30. The van der Waals surface area contributed by atoms with Crippen molar-refractivity contribution in [2.75, 3.05) is 20.2 Å². The number of nitrogens with zero attached hydrogens (tertiary/aromatic N) is 2. The van der Waals surface area contributed by atoms with Gasteiger partial charge in [-0.05, 0) is 25.3 Å². The first-order chi connectivity index (χ1) is 10.2. The molecule has 112 valence electrons. The lowest BCUT2D eigenvalue weighted by atomic mass is 9.98. The van der Waals surface area contributed by atoms with E-state index >= 15 is 0 Å². The lowest BCUT2D eigenvalue weighted by molar-refractivity contribution is -0.158. The number of rotatable bonds is 3. The second kappa shape index (κ2) is 5.76. The largest absolute Gasteiger partial charge is 0.496 e. The molecule has 2 aliphatic rings. The van der Waals surface area contributed by atoms with E-state index in [1.165, 1.54) is 0 Å². The number of para-hydroxylation sites is 1. The average Bonchev–Trinajstić information content (AvgIpc) is 2.53. The molecule has 0 aliphatic carbocycles. The maximum absolute atomic E-state index is 12.6. The summed E-state index contributed by atoms with van der Waals surface area (Å²) >= 11 is 0. The van der Waals surface area contributed by atoms with Gasteiger partial charge in [0, 0.05) is 18.7 Å². The number of hydrogen-bond acceptors (Lipinski definition) is 3. The summed E-state index contributed by atoms with van der Waals surface area (Å²) in [4.78, 5) is 28.2. The zero-order valence-corrected chi connectivity index (χ0v) is 12.2. The number of piperidine rings is 1. The smallest absolute Gasteiger partial charge is 0.246 e. The Morgan fingerprint density at radius 3 is 2.86 bits per heavy atom. The Hall–Kier alpha value is -2.04. The van der Waals surface area contributed by atoms with Crippen LogP contribution in [0.5, 0.6) is 5.75 Å². The molecule has 0 radical (unpaired) electrons. The van der Waals surface area contributed by atoms with Crippen LogP contribution in [0.4, 0.5) is 0 Å². The highest BCUT2D eigenvalue weighted by Gasteiger charge is 2.40. The quantitative estimate of drug-likeness (QED) is 0.845. The molecule has 3 rings (SSSR count). The van der Waals surface area contributed by atoms with Crippen molar-refractivity contribution >= 4 is 11.8 Å². The van der Waals surface area contributed by atoms with Gasteiger partial charge in [-0.2, -0.15) is 0 Å².